The van der Waals surface area contributed by atoms with Crippen LogP contribution in [-0.2, 0) is 14.9 Å². The number of hydrogen-bond donors (Lipinski definition) is 0. The normalized spacial score (nSPS) is 15.0. The number of carbonyl (C=O) groups excluding carboxylic acids is 1. The molecule has 0 fully saturated rings. The van der Waals surface area contributed by atoms with Crippen LogP contribution in [0.3, 0.4) is 0 Å². The molecule has 230 valence electrons. The molecule has 0 saturated heterocycles. The van der Waals surface area contributed by atoms with Crippen LogP contribution in [0.2, 0.25) is 0 Å². The molecule has 44 heavy (non-hydrogen) atoms. The fourth-order valence-corrected chi connectivity index (χ4v) is 6.53. The summed E-state index contributed by atoms with van der Waals surface area (Å²) in [5, 5.41) is 0. The number of hydrogen-bond acceptors (Lipinski definition) is 7. The Hall–Kier alpha value is -4.37. The molecule has 0 spiro atoms. The van der Waals surface area contributed by atoms with Crippen LogP contribution >= 0.6 is 11.3 Å². The second kappa shape index (κ2) is 12.3. The van der Waals surface area contributed by atoms with Crippen molar-refractivity contribution in [3.8, 4) is 17.2 Å². The average Bonchev–Trinajstić information content (AvgIpc) is 3.46. The van der Waals surface area contributed by atoms with E-state index in [0.717, 1.165) is 22.6 Å². The van der Waals surface area contributed by atoms with Gasteiger partial charge in [0.25, 0.3) is 5.56 Å². The van der Waals surface area contributed by atoms with E-state index in [4.69, 9.17) is 14.2 Å². The van der Waals surface area contributed by atoms with Crippen molar-refractivity contribution in [1.29, 1.82) is 0 Å². The number of nitrogens with zero attached hydrogens (tertiary/aromatic N) is 3. The maximum absolute atomic E-state index is 14.1. The monoisotopic (exact) mass is 613 g/mol. The third-order valence-corrected chi connectivity index (χ3v) is 8.75. The molecule has 2 aromatic carbocycles. The zero-order valence-electron chi connectivity index (χ0n) is 26.6. The van der Waals surface area contributed by atoms with Gasteiger partial charge in [0.15, 0.2) is 16.3 Å². The second-order valence-corrected chi connectivity index (χ2v) is 12.7. The Morgan fingerprint density at radius 3 is 2.32 bits per heavy atom. The number of rotatable bonds is 8. The van der Waals surface area contributed by atoms with Gasteiger partial charge in [0, 0.05) is 23.3 Å². The van der Waals surface area contributed by atoms with E-state index in [1.165, 1.54) is 30.2 Å². The highest BCUT2D eigenvalue weighted by Gasteiger charge is 2.31. The fraction of sp³-hybridized carbons (Fsp3) is 0.343. The molecular weight excluding hydrogens is 574 g/mol. The zero-order chi connectivity index (χ0) is 31.8. The third-order valence-electron chi connectivity index (χ3n) is 7.76. The minimum atomic E-state index is -0.746. The van der Waals surface area contributed by atoms with Crippen molar-refractivity contribution in [2.24, 2.45) is 4.99 Å². The van der Waals surface area contributed by atoms with E-state index in [0.29, 0.717) is 39.6 Å². The lowest BCUT2D eigenvalue weighted by Gasteiger charge is -2.23. The molecule has 0 amide bonds. The summed E-state index contributed by atoms with van der Waals surface area (Å²) in [5.41, 5.74) is 6.15. The van der Waals surface area contributed by atoms with E-state index < -0.39 is 12.0 Å². The predicted octanol–water partition coefficient (Wildman–Crippen LogP) is 5.52. The third kappa shape index (κ3) is 5.76. The number of methoxy groups -OCH3 is 1. The van der Waals surface area contributed by atoms with Gasteiger partial charge in [-0.15, -0.1) is 0 Å². The van der Waals surface area contributed by atoms with Crippen molar-refractivity contribution < 1.29 is 19.0 Å². The van der Waals surface area contributed by atoms with Crippen molar-refractivity contribution in [1.82, 2.24) is 9.13 Å². The van der Waals surface area contributed by atoms with Gasteiger partial charge in [0.1, 0.15) is 0 Å². The van der Waals surface area contributed by atoms with Crippen LogP contribution in [-0.4, -0.2) is 35.4 Å². The summed E-state index contributed by atoms with van der Waals surface area (Å²) >= 11 is 1.29. The Kier molecular flexibility index (Phi) is 8.70. The molecule has 1 aliphatic rings. The number of aryl methyl sites for hydroxylation is 1. The maximum Gasteiger partial charge on any atom is 0.337 e. The summed E-state index contributed by atoms with van der Waals surface area (Å²) in [5.74, 6) is 0.580. The number of ether oxygens (including phenoxy) is 3. The average molecular weight is 614 g/mol. The van der Waals surface area contributed by atoms with Crippen molar-refractivity contribution >= 4 is 23.4 Å². The highest BCUT2D eigenvalue weighted by atomic mass is 32.1. The van der Waals surface area contributed by atoms with Crippen molar-refractivity contribution in [2.45, 2.75) is 59.9 Å². The Labute approximate surface area is 261 Å². The lowest BCUT2D eigenvalue weighted by Crippen LogP contribution is -2.39. The molecule has 8 nitrogen and oxygen atoms in total. The van der Waals surface area contributed by atoms with Crippen LogP contribution in [0.15, 0.2) is 70.1 Å². The molecule has 0 unspecified atom stereocenters. The molecule has 0 radical (unpaired) electrons. The van der Waals surface area contributed by atoms with Gasteiger partial charge in [-0.2, -0.15) is 0 Å². The van der Waals surface area contributed by atoms with Gasteiger partial charge in [-0.05, 0) is 86.2 Å². The highest BCUT2D eigenvalue weighted by molar-refractivity contribution is 7.07. The lowest BCUT2D eigenvalue weighted by atomic mass is 9.87. The van der Waals surface area contributed by atoms with Gasteiger partial charge in [0.2, 0.25) is 0 Å². The minimum absolute atomic E-state index is 0.0696. The molecule has 1 atom stereocenters. The first-order valence-electron chi connectivity index (χ1n) is 14.8. The Bertz CT molecular complexity index is 1920. The minimum Gasteiger partial charge on any atom is -0.490 e. The van der Waals surface area contributed by atoms with E-state index in [-0.39, 0.29) is 16.5 Å². The fourth-order valence-electron chi connectivity index (χ4n) is 5.57. The standard InChI is InChI=1S/C35H39N3O5S/c1-9-42-28-16-11-23(18-29(28)43-10-2)31-27(33(40)41-8)20-36-34-38(31)32(39)30(44-34)19-24-17-21(3)37(22(24)4)26-14-12-25(13-15-26)35(5,6)7/h11-20,31H,9-10H2,1-8H3/b30-19-/t31-/m0/s1. The van der Waals surface area contributed by atoms with Gasteiger partial charge in [-0.1, -0.05) is 50.3 Å². The Balaban J connectivity index is 1.62. The molecule has 0 bridgehead atoms. The SMILES string of the molecule is CCOc1ccc([C@H]2C(C(=O)OC)=CN=c3s/c(=C\c4cc(C)n(-c5ccc(C(C)(C)C)cc5)c4C)c(=O)n32)cc1OCC. The Morgan fingerprint density at radius 2 is 1.68 bits per heavy atom. The van der Waals surface area contributed by atoms with E-state index in [1.807, 2.05) is 32.1 Å². The summed E-state index contributed by atoms with van der Waals surface area (Å²) in [7, 11) is 1.32. The first-order valence-corrected chi connectivity index (χ1v) is 15.6. The maximum atomic E-state index is 14.1. The smallest absolute Gasteiger partial charge is 0.337 e. The summed E-state index contributed by atoms with van der Waals surface area (Å²) in [6.07, 6.45) is 3.41. The van der Waals surface area contributed by atoms with Crippen molar-refractivity contribution in [2.75, 3.05) is 20.3 Å². The van der Waals surface area contributed by atoms with Crippen LogP contribution in [0.1, 0.15) is 68.7 Å². The largest absolute Gasteiger partial charge is 0.490 e. The Morgan fingerprint density at radius 1 is 1.00 bits per heavy atom. The van der Waals surface area contributed by atoms with Gasteiger partial charge >= 0.3 is 5.97 Å². The molecule has 2 aromatic heterocycles. The first-order chi connectivity index (χ1) is 21.0. The summed E-state index contributed by atoms with van der Waals surface area (Å²) in [6.45, 7) is 15.4. The van der Waals surface area contributed by atoms with Crippen molar-refractivity contribution in [3.05, 3.63) is 108 Å². The van der Waals surface area contributed by atoms with Gasteiger partial charge < -0.3 is 18.8 Å². The molecule has 5 rings (SSSR count). The zero-order valence-corrected chi connectivity index (χ0v) is 27.4. The van der Waals surface area contributed by atoms with Gasteiger partial charge in [-0.25, -0.2) is 9.79 Å². The lowest BCUT2D eigenvalue weighted by molar-refractivity contribution is -0.136. The van der Waals surface area contributed by atoms with Crippen LogP contribution in [0.25, 0.3) is 11.8 Å². The summed E-state index contributed by atoms with van der Waals surface area (Å²) in [4.78, 5) is 32.0. The first kappa shape index (κ1) is 31.1. The molecule has 9 heteroatoms. The van der Waals surface area contributed by atoms with E-state index in [9.17, 15) is 9.59 Å². The van der Waals surface area contributed by atoms with Crippen LogP contribution in [0, 0.1) is 13.8 Å². The van der Waals surface area contributed by atoms with Crippen molar-refractivity contribution in [3.63, 3.8) is 0 Å². The quantitative estimate of drug-likeness (QED) is 0.245. The molecule has 0 N–H and O–H groups in total. The van der Waals surface area contributed by atoms with E-state index in [1.54, 1.807) is 10.6 Å². The van der Waals surface area contributed by atoms with E-state index >= 15 is 0 Å². The number of benzene rings is 2. The number of carbonyl (C=O) groups is 1. The highest BCUT2D eigenvalue weighted by Crippen LogP contribution is 2.35. The number of thiazole rings is 1. The van der Waals surface area contributed by atoms with Crippen LogP contribution in [0.4, 0.5) is 0 Å². The number of fused-ring (bicyclic) bond motifs is 1. The number of esters is 1. The van der Waals surface area contributed by atoms with Crippen LogP contribution in [0.5, 0.6) is 11.5 Å². The van der Waals surface area contributed by atoms with Gasteiger partial charge in [0.05, 0.1) is 36.5 Å². The topological polar surface area (TPSA) is 84.0 Å². The summed E-state index contributed by atoms with van der Waals surface area (Å²) in [6, 6.07) is 15.4. The number of aromatic nitrogens is 2. The van der Waals surface area contributed by atoms with Crippen LogP contribution < -0.4 is 24.4 Å². The molecule has 1 aliphatic heterocycles. The summed E-state index contributed by atoms with van der Waals surface area (Å²) < 4.78 is 21.0. The van der Waals surface area contributed by atoms with E-state index in [2.05, 4.69) is 74.5 Å². The predicted molar refractivity (Wildman–Crippen MR) is 174 cm³/mol. The molecule has 0 saturated carbocycles. The van der Waals surface area contributed by atoms with Gasteiger partial charge in [-0.3, -0.25) is 9.36 Å². The molecule has 3 heterocycles. The molecular formula is C35H39N3O5S. The second-order valence-electron chi connectivity index (χ2n) is 11.7. The molecule has 4 aromatic rings. The molecule has 0 aliphatic carbocycles.